The Balaban J connectivity index is 1.62. The summed E-state index contributed by atoms with van der Waals surface area (Å²) in [5.74, 6) is 1.25. The number of rotatable bonds is 8. The fraction of sp³-hybridized carbons (Fsp3) is 0.231. The van der Waals surface area contributed by atoms with Crippen LogP contribution in [0.4, 0.5) is 13.2 Å². The van der Waals surface area contributed by atoms with Crippen LogP contribution >= 0.6 is 0 Å². The van der Waals surface area contributed by atoms with Crippen molar-refractivity contribution >= 4 is 5.91 Å². The molecule has 4 aromatic rings. The van der Waals surface area contributed by atoms with Crippen LogP contribution in [-0.2, 0) is 12.6 Å². The molecule has 0 bridgehead atoms. The Kier molecular flexibility index (Phi) is 7.05. The van der Waals surface area contributed by atoms with E-state index >= 15 is 0 Å². The molecular formula is C26H25F3N4O3. The third-order valence-corrected chi connectivity index (χ3v) is 5.77. The molecular weight excluding hydrogens is 473 g/mol. The number of aromatic nitrogens is 3. The maximum atomic E-state index is 13.4. The minimum atomic E-state index is -4.50. The van der Waals surface area contributed by atoms with E-state index in [0.29, 0.717) is 30.3 Å². The van der Waals surface area contributed by atoms with E-state index in [1.807, 2.05) is 12.1 Å². The van der Waals surface area contributed by atoms with Gasteiger partial charge in [-0.1, -0.05) is 12.1 Å². The van der Waals surface area contributed by atoms with Crippen molar-refractivity contribution in [1.82, 2.24) is 19.2 Å². The van der Waals surface area contributed by atoms with E-state index < -0.39 is 11.7 Å². The van der Waals surface area contributed by atoms with Crippen molar-refractivity contribution in [2.24, 2.45) is 0 Å². The molecule has 0 N–H and O–H groups in total. The molecule has 0 saturated carbocycles. The second kappa shape index (κ2) is 10.2. The van der Waals surface area contributed by atoms with Gasteiger partial charge in [0.25, 0.3) is 5.91 Å². The normalized spacial score (nSPS) is 11.4. The number of amides is 1. The molecule has 0 fully saturated rings. The fourth-order valence-electron chi connectivity index (χ4n) is 3.86. The summed E-state index contributed by atoms with van der Waals surface area (Å²) in [5.41, 5.74) is 0.616. The van der Waals surface area contributed by atoms with E-state index in [9.17, 15) is 18.0 Å². The largest absolute Gasteiger partial charge is 0.493 e. The zero-order valence-electron chi connectivity index (χ0n) is 20.0. The number of methoxy groups -OCH3 is 2. The van der Waals surface area contributed by atoms with Gasteiger partial charge in [-0.3, -0.25) is 4.79 Å². The molecule has 0 aliphatic heterocycles. The molecule has 0 unspecified atom stereocenters. The van der Waals surface area contributed by atoms with Crippen LogP contribution < -0.4 is 9.47 Å². The molecule has 1 amide bonds. The number of ether oxygens (including phenoxy) is 2. The molecule has 2 aromatic heterocycles. The van der Waals surface area contributed by atoms with Crippen molar-refractivity contribution in [1.29, 1.82) is 0 Å². The summed E-state index contributed by atoms with van der Waals surface area (Å²) in [5, 5.41) is 4.28. The van der Waals surface area contributed by atoms with Gasteiger partial charge in [-0.15, -0.1) is 0 Å². The lowest BCUT2D eigenvalue weighted by Gasteiger charge is -2.19. The number of benzene rings is 2. The summed E-state index contributed by atoms with van der Waals surface area (Å²) in [6.45, 7) is 0.397. The minimum absolute atomic E-state index is 0.195. The van der Waals surface area contributed by atoms with E-state index in [1.165, 1.54) is 23.0 Å². The van der Waals surface area contributed by atoms with E-state index in [-0.39, 0.29) is 17.2 Å². The van der Waals surface area contributed by atoms with Gasteiger partial charge in [0.05, 0.1) is 31.7 Å². The van der Waals surface area contributed by atoms with Crippen molar-refractivity contribution in [2.45, 2.75) is 12.6 Å². The summed E-state index contributed by atoms with van der Waals surface area (Å²) in [7, 11) is 4.79. The number of likely N-dealkylation sites (N-methyl/N-ethyl adjacent to an activating group) is 1. The molecule has 7 nitrogen and oxygen atoms in total. The Hall–Kier alpha value is -4.21. The van der Waals surface area contributed by atoms with Gasteiger partial charge in [0.2, 0.25) is 0 Å². The number of carbonyl (C=O) groups excluding carboxylic acids is 1. The van der Waals surface area contributed by atoms with Gasteiger partial charge in [0, 0.05) is 26.0 Å². The van der Waals surface area contributed by atoms with Crippen LogP contribution in [0.2, 0.25) is 0 Å². The smallest absolute Gasteiger partial charge is 0.416 e. The Morgan fingerprint density at radius 2 is 1.72 bits per heavy atom. The Bertz CT molecular complexity index is 1350. The standard InChI is InChI=1S/C26H25F3N4O3/c1-31(14-11-18-9-10-22(35-2)23(15-18)36-3)25(34)21-17-30-33(24(21)32-12-4-5-13-32)20-8-6-7-19(16-20)26(27,28)29/h4-10,12-13,15-17H,11,14H2,1-3H3. The molecule has 36 heavy (non-hydrogen) atoms. The number of hydrogen-bond donors (Lipinski definition) is 0. The van der Waals surface area contributed by atoms with E-state index in [4.69, 9.17) is 9.47 Å². The number of halogens is 3. The zero-order chi connectivity index (χ0) is 25.9. The first-order valence-electron chi connectivity index (χ1n) is 11.1. The van der Waals surface area contributed by atoms with Gasteiger partial charge in [0.1, 0.15) is 5.56 Å². The van der Waals surface area contributed by atoms with E-state index in [1.54, 1.807) is 61.3 Å². The first-order chi connectivity index (χ1) is 17.2. The SMILES string of the molecule is COc1ccc(CCN(C)C(=O)c2cnn(-c3cccc(C(F)(F)F)c3)c2-n2cccc2)cc1OC. The van der Waals surface area contributed by atoms with Gasteiger partial charge in [-0.05, 0) is 54.4 Å². The summed E-state index contributed by atoms with van der Waals surface area (Å²) in [4.78, 5) is 15.0. The molecule has 4 rings (SSSR count). The van der Waals surface area contributed by atoms with Gasteiger partial charge < -0.3 is 18.9 Å². The first-order valence-corrected chi connectivity index (χ1v) is 11.1. The molecule has 2 aromatic carbocycles. The third kappa shape index (κ3) is 5.07. The highest BCUT2D eigenvalue weighted by Crippen LogP contribution is 2.31. The topological polar surface area (TPSA) is 61.5 Å². The summed E-state index contributed by atoms with van der Waals surface area (Å²) in [6, 6.07) is 13.9. The second-order valence-electron chi connectivity index (χ2n) is 8.10. The predicted molar refractivity (Wildman–Crippen MR) is 128 cm³/mol. The summed E-state index contributed by atoms with van der Waals surface area (Å²) in [6.07, 6.45) is 0.858. The molecule has 0 saturated heterocycles. The van der Waals surface area contributed by atoms with Gasteiger partial charge in [-0.25, -0.2) is 4.68 Å². The van der Waals surface area contributed by atoms with Crippen molar-refractivity contribution in [3.8, 4) is 23.0 Å². The van der Waals surface area contributed by atoms with Crippen molar-refractivity contribution in [3.63, 3.8) is 0 Å². The van der Waals surface area contributed by atoms with Crippen molar-refractivity contribution < 1.29 is 27.4 Å². The lowest BCUT2D eigenvalue weighted by molar-refractivity contribution is -0.137. The summed E-state index contributed by atoms with van der Waals surface area (Å²) < 4.78 is 53.5. The van der Waals surface area contributed by atoms with Gasteiger partial charge in [-0.2, -0.15) is 18.3 Å². The highest BCUT2D eigenvalue weighted by Gasteiger charge is 2.31. The predicted octanol–water partition coefficient (Wildman–Crippen LogP) is 5.01. The molecule has 0 atom stereocenters. The molecule has 0 radical (unpaired) electrons. The lowest BCUT2D eigenvalue weighted by atomic mass is 10.1. The van der Waals surface area contributed by atoms with Gasteiger partial charge >= 0.3 is 6.18 Å². The molecule has 0 aliphatic rings. The minimum Gasteiger partial charge on any atom is -0.493 e. The van der Waals surface area contributed by atoms with Gasteiger partial charge in [0.15, 0.2) is 17.3 Å². The summed E-state index contributed by atoms with van der Waals surface area (Å²) >= 11 is 0. The highest BCUT2D eigenvalue weighted by atomic mass is 19.4. The maximum absolute atomic E-state index is 13.4. The van der Waals surface area contributed by atoms with Crippen LogP contribution in [0.1, 0.15) is 21.5 Å². The number of carbonyl (C=O) groups is 1. The Morgan fingerprint density at radius 3 is 2.39 bits per heavy atom. The van der Waals surface area contributed by atoms with Crippen LogP contribution in [0.5, 0.6) is 11.5 Å². The van der Waals surface area contributed by atoms with Crippen LogP contribution in [0.25, 0.3) is 11.5 Å². The lowest BCUT2D eigenvalue weighted by Crippen LogP contribution is -2.29. The molecule has 0 spiro atoms. The number of alkyl halides is 3. The molecule has 0 aliphatic carbocycles. The second-order valence-corrected chi connectivity index (χ2v) is 8.10. The van der Waals surface area contributed by atoms with Crippen LogP contribution in [0.15, 0.2) is 73.2 Å². The Labute approximate surface area is 206 Å². The zero-order valence-corrected chi connectivity index (χ0v) is 20.0. The quantitative estimate of drug-likeness (QED) is 0.343. The van der Waals surface area contributed by atoms with E-state index in [2.05, 4.69) is 5.10 Å². The van der Waals surface area contributed by atoms with Crippen LogP contribution in [-0.4, -0.2) is 53.0 Å². The van der Waals surface area contributed by atoms with Crippen molar-refractivity contribution in [3.05, 3.63) is 89.9 Å². The molecule has 2 heterocycles. The highest BCUT2D eigenvalue weighted by molar-refractivity contribution is 5.97. The van der Waals surface area contributed by atoms with Crippen LogP contribution in [0, 0.1) is 0 Å². The third-order valence-electron chi connectivity index (χ3n) is 5.77. The average molecular weight is 499 g/mol. The fourth-order valence-corrected chi connectivity index (χ4v) is 3.86. The monoisotopic (exact) mass is 498 g/mol. The van der Waals surface area contributed by atoms with E-state index in [0.717, 1.165) is 17.7 Å². The van der Waals surface area contributed by atoms with Crippen LogP contribution in [0.3, 0.4) is 0 Å². The number of nitrogens with zero attached hydrogens (tertiary/aromatic N) is 4. The maximum Gasteiger partial charge on any atom is 0.416 e. The average Bonchev–Trinajstić information content (AvgIpc) is 3.56. The number of hydrogen-bond acceptors (Lipinski definition) is 4. The first kappa shape index (κ1) is 24.9. The molecule has 10 heteroatoms. The Morgan fingerprint density at radius 1 is 1.00 bits per heavy atom. The molecule has 188 valence electrons. The van der Waals surface area contributed by atoms with Crippen molar-refractivity contribution in [2.75, 3.05) is 27.8 Å².